The Morgan fingerprint density at radius 1 is 1.36 bits per heavy atom. The summed E-state index contributed by atoms with van der Waals surface area (Å²) in [6.07, 6.45) is -4.06. The van der Waals surface area contributed by atoms with Gasteiger partial charge in [-0.1, -0.05) is 0 Å². The van der Waals surface area contributed by atoms with Crippen molar-refractivity contribution >= 4 is 11.6 Å². The van der Waals surface area contributed by atoms with Gasteiger partial charge in [0, 0.05) is 11.9 Å². The second kappa shape index (κ2) is 5.66. The normalized spacial score (nSPS) is 11.5. The molecule has 0 aliphatic rings. The van der Waals surface area contributed by atoms with Gasteiger partial charge in [0.25, 0.3) is 5.56 Å². The van der Waals surface area contributed by atoms with Gasteiger partial charge in [0.15, 0.2) is 0 Å². The van der Waals surface area contributed by atoms with E-state index >= 15 is 0 Å². The summed E-state index contributed by atoms with van der Waals surface area (Å²) in [6.45, 7) is 3.29. The first-order chi connectivity index (χ1) is 10.2. The molecule has 0 bridgehead atoms. The van der Waals surface area contributed by atoms with Crippen LogP contribution in [0.2, 0.25) is 0 Å². The van der Waals surface area contributed by atoms with Crippen LogP contribution in [-0.2, 0) is 17.5 Å². The molecule has 0 spiro atoms. The minimum Gasteiger partial charge on any atom is -0.327 e. The Hall–Kier alpha value is -2.58. The largest absolute Gasteiger partial charge is 0.417 e. The number of rotatable bonds is 3. The number of alkyl halides is 3. The van der Waals surface area contributed by atoms with Gasteiger partial charge >= 0.3 is 6.18 Å². The highest BCUT2D eigenvalue weighted by atomic mass is 19.4. The predicted octanol–water partition coefficient (Wildman–Crippen LogP) is 1.85. The van der Waals surface area contributed by atoms with Crippen LogP contribution in [0.4, 0.5) is 18.9 Å². The van der Waals surface area contributed by atoms with Crippen molar-refractivity contribution in [1.29, 1.82) is 0 Å². The predicted molar refractivity (Wildman–Crippen MR) is 72.4 cm³/mol. The third-order valence-electron chi connectivity index (χ3n) is 2.90. The molecule has 9 heteroatoms. The first kappa shape index (κ1) is 15.8. The first-order valence-electron chi connectivity index (χ1n) is 6.27. The van der Waals surface area contributed by atoms with E-state index in [1.54, 1.807) is 19.9 Å². The molecule has 0 saturated heterocycles. The number of carbonyl (C=O) groups is 1. The Morgan fingerprint density at radius 2 is 2.05 bits per heavy atom. The number of aryl methyl sites for hydroxylation is 2. The van der Waals surface area contributed by atoms with E-state index in [1.807, 2.05) is 4.98 Å². The van der Waals surface area contributed by atoms with Gasteiger partial charge in [-0.2, -0.15) is 18.3 Å². The lowest BCUT2D eigenvalue weighted by atomic mass is 10.2. The molecule has 0 atom stereocenters. The van der Waals surface area contributed by atoms with Crippen molar-refractivity contribution in [3.63, 3.8) is 0 Å². The molecule has 2 aromatic rings. The number of hydrogen-bond donors (Lipinski definition) is 2. The molecule has 0 aliphatic carbocycles. The minimum atomic E-state index is -4.61. The number of amides is 1. The van der Waals surface area contributed by atoms with Crippen molar-refractivity contribution in [3.8, 4) is 0 Å². The zero-order valence-electron chi connectivity index (χ0n) is 11.8. The molecule has 6 nitrogen and oxygen atoms in total. The molecular weight excluding hydrogens is 301 g/mol. The number of H-pyrrole nitrogens is 1. The quantitative estimate of drug-likeness (QED) is 0.907. The molecular formula is C13H13F3N4O2. The van der Waals surface area contributed by atoms with Crippen LogP contribution in [-0.4, -0.2) is 20.7 Å². The van der Waals surface area contributed by atoms with Crippen LogP contribution in [0.1, 0.15) is 17.0 Å². The summed E-state index contributed by atoms with van der Waals surface area (Å²) in [7, 11) is 0. The number of aromatic nitrogens is 3. The molecule has 2 aromatic heterocycles. The highest BCUT2D eigenvalue weighted by molar-refractivity contribution is 5.90. The van der Waals surface area contributed by atoms with Crippen molar-refractivity contribution < 1.29 is 18.0 Å². The third kappa shape index (κ3) is 3.54. The highest BCUT2D eigenvalue weighted by Gasteiger charge is 2.31. The Balaban J connectivity index is 2.18. The lowest BCUT2D eigenvalue weighted by molar-refractivity contribution is -0.137. The van der Waals surface area contributed by atoms with Crippen LogP contribution < -0.4 is 10.9 Å². The number of anilines is 1. The molecule has 0 aliphatic heterocycles. The van der Waals surface area contributed by atoms with E-state index in [1.165, 1.54) is 4.68 Å². The van der Waals surface area contributed by atoms with Crippen molar-refractivity contribution in [2.75, 3.05) is 5.32 Å². The molecule has 2 heterocycles. The second-order valence-corrected chi connectivity index (χ2v) is 4.76. The van der Waals surface area contributed by atoms with Gasteiger partial charge in [-0.3, -0.25) is 14.3 Å². The van der Waals surface area contributed by atoms with Crippen LogP contribution in [0.3, 0.4) is 0 Å². The van der Waals surface area contributed by atoms with Gasteiger partial charge in [-0.15, -0.1) is 0 Å². The van der Waals surface area contributed by atoms with Gasteiger partial charge in [0.05, 0.1) is 11.3 Å². The van der Waals surface area contributed by atoms with Crippen molar-refractivity contribution in [1.82, 2.24) is 14.8 Å². The van der Waals surface area contributed by atoms with Crippen molar-refractivity contribution in [3.05, 3.63) is 45.6 Å². The summed E-state index contributed by atoms with van der Waals surface area (Å²) in [4.78, 5) is 25.3. The second-order valence-electron chi connectivity index (χ2n) is 4.76. The average Bonchev–Trinajstić information content (AvgIpc) is 2.69. The zero-order chi connectivity index (χ0) is 16.5. The lowest BCUT2D eigenvalue weighted by Crippen LogP contribution is -2.25. The molecule has 22 heavy (non-hydrogen) atoms. The summed E-state index contributed by atoms with van der Waals surface area (Å²) in [5, 5.41) is 6.23. The fourth-order valence-corrected chi connectivity index (χ4v) is 1.90. The number of nitrogens with one attached hydrogen (secondary N) is 2. The maximum absolute atomic E-state index is 12.6. The van der Waals surface area contributed by atoms with Crippen LogP contribution in [0, 0.1) is 13.8 Å². The van der Waals surface area contributed by atoms with Gasteiger partial charge in [0.2, 0.25) is 5.91 Å². The molecule has 0 fully saturated rings. The van der Waals surface area contributed by atoms with Crippen LogP contribution >= 0.6 is 0 Å². The molecule has 0 saturated carbocycles. The first-order valence-corrected chi connectivity index (χ1v) is 6.27. The van der Waals surface area contributed by atoms with E-state index < -0.39 is 28.9 Å². The van der Waals surface area contributed by atoms with Crippen LogP contribution in [0.25, 0.3) is 0 Å². The number of hydrogen-bond acceptors (Lipinski definition) is 3. The lowest BCUT2D eigenvalue weighted by Gasteiger charge is -2.09. The summed E-state index contributed by atoms with van der Waals surface area (Å²) >= 11 is 0. The standard InChI is InChI=1S/C13H13F3N4O2/c1-7-3-8(2)20(19-7)6-11(21)18-10-4-9(13(14,15)16)5-17-12(10)22/h3-5H,6H2,1-2H3,(H,17,22)(H,18,21). The molecule has 0 unspecified atom stereocenters. The summed E-state index contributed by atoms with van der Waals surface area (Å²) in [5.74, 6) is -0.643. The Bertz CT molecular complexity index is 761. The Kier molecular flexibility index (Phi) is 4.07. The van der Waals surface area contributed by atoms with E-state index in [4.69, 9.17) is 0 Å². The van der Waals surface area contributed by atoms with Crippen LogP contribution in [0.15, 0.2) is 23.1 Å². The summed E-state index contributed by atoms with van der Waals surface area (Å²) in [6, 6.07) is 2.35. The topological polar surface area (TPSA) is 79.8 Å². The summed E-state index contributed by atoms with van der Waals surface area (Å²) < 4.78 is 39.2. The maximum Gasteiger partial charge on any atom is 0.417 e. The molecule has 0 radical (unpaired) electrons. The smallest absolute Gasteiger partial charge is 0.327 e. The third-order valence-corrected chi connectivity index (χ3v) is 2.90. The van der Waals surface area contributed by atoms with E-state index in [0.717, 1.165) is 5.69 Å². The van der Waals surface area contributed by atoms with Gasteiger partial charge in [0.1, 0.15) is 12.2 Å². The van der Waals surface area contributed by atoms with Gasteiger partial charge < -0.3 is 10.3 Å². The number of carbonyl (C=O) groups excluding carboxylic acids is 1. The Morgan fingerprint density at radius 3 is 2.59 bits per heavy atom. The zero-order valence-corrected chi connectivity index (χ0v) is 11.8. The van der Waals surface area contributed by atoms with E-state index in [9.17, 15) is 22.8 Å². The number of aromatic amines is 1. The molecule has 2 N–H and O–H groups in total. The number of halogens is 3. The van der Waals surface area contributed by atoms with Gasteiger partial charge in [-0.25, -0.2) is 0 Å². The fourth-order valence-electron chi connectivity index (χ4n) is 1.90. The Labute approximate surface area is 123 Å². The molecule has 0 aromatic carbocycles. The van der Waals surface area contributed by atoms with E-state index in [0.29, 0.717) is 18.0 Å². The van der Waals surface area contributed by atoms with Crippen molar-refractivity contribution in [2.24, 2.45) is 0 Å². The summed E-state index contributed by atoms with van der Waals surface area (Å²) in [5.41, 5.74) is -0.877. The van der Waals surface area contributed by atoms with E-state index in [2.05, 4.69) is 10.4 Å². The van der Waals surface area contributed by atoms with E-state index in [-0.39, 0.29) is 6.54 Å². The van der Waals surface area contributed by atoms with Gasteiger partial charge in [-0.05, 0) is 26.0 Å². The molecule has 118 valence electrons. The number of nitrogens with zero attached hydrogens (tertiary/aromatic N) is 2. The van der Waals surface area contributed by atoms with Crippen molar-refractivity contribution in [2.45, 2.75) is 26.6 Å². The highest BCUT2D eigenvalue weighted by Crippen LogP contribution is 2.29. The fraction of sp³-hybridized carbons (Fsp3) is 0.308. The molecule has 2 rings (SSSR count). The maximum atomic E-state index is 12.6. The molecule has 1 amide bonds. The average molecular weight is 314 g/mol. The minimum absolute atomic E-state index is 0.199. The SMILES string of the molecule is Cc1cc(C)n(CC(=O)Nc2cc(C(F)(F)F)c[nH]c2=O)n1. The number of pyridine rings is 1. The van der Waals surface area contributed by atoms with Crippen LogP contribution in [0.5, 0.6) is 0 Å². The monoisotopic (exact) mass is 314 g/mol.